The summed E-state index contributed by atoms with van der Waals surface area (Å²) in [6.45, 7) is 4.49. The van der Waals surface area contributed by atoms with Gasteiger partial charge < -0.3 is 19.7 Å². The number of nitrogens with zero attached hydrogens (tertiary/aromatic N) is 1. The van der Waals surface area contributed by atoms with Crippen LogP contribution in [-0.2, 0) is 6.54 Å². The van der Waals surface area contributed by atoms with Crippen LogP contribution in [0.1, 0.15) is 25.3 Å². The van der Waals surface area contributed by atoms with Crippen molar-refractivity contribution in [1.29, 1.82) is 0 Å². The Kier molecular flexibility index (Phi) is 4.73. The number of fused-ring (bicyclic) bond motifs is 1. The molecule has 2 heterocycles. The number of hydrogen-bond donors (Lipinski definition) is 3. The first-order valence-corrected chi connectivity index (χ1v) is 9.46. The van der Waals surface area contributed by atoms with E-state index in [0.717, 1.165) is 25.9 Å². The summed E-state index contributed by atoms with van der Waals surface area (Å²) in [6, 6.07) is 8.84. The van der Waals surface area contributed by atoms with Gasteiger partial charge in [-0.05, 0) is 56.1 Å². The molecule has 0 unspecified atom stereocenters. The number of hydrogen-bond acceptors (Lipinski definition) is 6. The van der Waals surface area contributed by atoms with Crippen molar-refractivity contribution >= 4 is 11.0 Å². The molecule has 0 amide bonds. The first kappa shape index (κ1) is 18.4. The molecule has 3 N–H and O–H groups in total. The fraction of sp³-hybridized carbons (Fsp3) is 0.318. The molecule has 146 valence electrons. The third-order valence-electron chi connectivity index (χ3n) is 5.47. The Bertz CT molecular complexity index is 1060. The Morgan fingerprint density at radius 3 is 2.39 bits per heavy atom. The molecule has 1 aliphatic heterocycles. The largest absolute Gasteiger partial charge is 0.508 e. The maximum atomic E-state index is 12.7. The maximum absolute atomic E-state index is 12.7. The van der Waals surface area contributed by atoms with Crippen LogP contribution >= 0.6 is 0 Å². The molecule has 6 heteroatoms. The van der Waals surface area contributed by atoms with Gasteiger partial charge in [0.1, 0.15) is 28.4 Å². The molecule has 0 atom stereocenters. The number of likely N-dealkylation sites (tertiary alicyclic amines) is 1. The van der Waals surface area contributed by atoms with Gasteiger partial charge in [-0.1, -0.05) is 6.92 Å². The molecule has 1 fully saturated rings. The molecule has 6 nitrogen and oxygen atoms in total. The van der Waals surface area contributed by atoms with Crippen LogP contribution in [-0.4, -0.2) is 33.3 Å². The summed E-state index contributed by atoms with van der Waals surface area (Å²) in [4.78, 5) is 14.9. The second-order valence-corrected chi connectivity index (χ2v) is 7.58. The van der Waals surface area contributed by atoms with Gasteiger partial charge in [0.25, 0.3) is 0 Å². The Morgan fingerprint density at radius 1 is 1.04 bits per heavy atom. The SMILES string of the molecule is CC1CCN(Cc2c(O)cc(O)c3c(=O)cc(-c4ccc(O)cc4)oc23)CC1. The first-order chi connectivity index (χ1) is 13.4. The molecule has 0 saturated carbocycles. The van der Waals surface area contributed by atoms with Crippen LogP contribution in [0.2, 0.25) is 0 Å². The minimum absolute atomic E-state index is 0.0701. The van der Waals surface area contributed by atoms with Crippen LogP contribution in [0.15, 0.2) is 45.6 Å². The van der Waals surface area contributed by atoms with E-state index in [-0.39, 0.29) is 33.6 Å². The van der Waals surface area contributed by atoms with Crippen molar-refractivity contribution < 1.29 is 19.7 Å². The molecule has 1 aromatic heterocycles. The third kappa shape index (κ3) is 3.43. The lowest BCUT2D eigenvalue weighted by molar-refractivity contribution is 0.184. The second-order valence-electron chi connectivity index (χ2n) is 7.58. The van der Waals surface area contributed by atoms with E-state index in [2.05, 4.69) is 11.8 Å². The quantitative estimate of drug-likeness (QED) is 0.639. The summed E-state index contributed by atoms with van der Waals surface area (Å²) in [5, 5.41) is 30.3. The van der Waals surface area contributed by atoms with Crippen molar-refractivity contribution in [1.82, 2.24) is 4.90 Å². The maximum Gasteiger partial charge on any atom is 0.197 e. The molecule has 1 aliphatic rings. The number of rotatable bonds is 3. The summed E-state index contributed by atoms with van der Waals surface area (Å²) >= 11 is 0. The fourth-order valence-electron chi connectivity index (χ4n) is 3.72. The van der Waals surface area contributed by atoms with Gasteiger partial charge >= 0.3 is 0 Å². The summed E-state index contributed by atoms with van der Waals surface area (Å²) in [5.74, 6) is 0.725. The lowest BCUT2D eigenvalue weighted by atomic mass is 9.98. The van der Waals surface area contributed by atoms with Crippen molar-refractivity contribution in [2.75, 3.05) is 13.1 Å². The van der Waals surface area contributed by atoms with Crippen LogP contribution in [0, 0.1) is 5.92 Å². The van der Waals surface area contributed by atoms with Gasteiger partial charge in [0, 0.05) is 24.2 Å². The van der Waals surface area contributed by atoms with E-state index in [1.807, 2.05) is 0 Å². The molecule has 2 aromatic carbocycles. The van der Waals surface area contributed by atoms with Crippen LogP contribution in [0.5, 0.6) is 17.2 Å². The number of piperidine rings is 1. The van der Waals surface area contributed by atoms with E-state index in [9.17, 15) is 20.1 Å². The number of phenolic OH excluding ortho intramolecular Hbond substituents is 3. The molecule has 0 radical (unpaired) electrons. The highest BCUT2D eigenvalue weighted by atomic mass is 16.3. The highest BCUT2D eigenvalue weighted by Gasteiger charge is 2.22. The van der Waals surface area contributed by atoms with E-state index in [1.165, 1.54) is 24.3 Å². The Morgan fingerprint density at radius 2 is 1.71 bits per heavy atom. The lowest BCUT2D eigenvalue weighted by Crippen LogP contribution is -2.32. The minimum atomic E-state index is -0.379. The second kappa shape index (κ2) is 7.20. The highest BCUT2D eigenvalue weighted by Crippen LogP contribution is 2.36. The standard InChI is InChI=1S/C22H23NO5/c1-13-6-8-23(9-7-13)12-16-17(25)10-18(26)21-19(27)11-20(28-22(16)21)14-2-4-15(24)5-3-14/h2-5,10-11,13,24-26H,6-9,12H2,1H3. The third-order valence-corrected chi connectivity index (χ3v) is 5.47. The van der Waals surface area contributed by atoms with Gasteiger partial charge in [0.15, 0.2) is 11.0 Å². The predicted molar refractivity (Wildman–Crippen MR) is 107 cm³/mol. The molecular formula is C22H23NO5. The first-order valence-electron chi connectivity index (χ1n) is 9.46. The number of benzene rings is 2. The Balaban J connectivity index is 1.84. The van der Waals surface area contributed by atoms with Crippen molar-refractivity contribution in [2.45, 2.75) is 26.3 Å². The van der Waals surface area contributed by atoms with E-state index in [0.29, 0.717) is 29.3 Å². The zero-order valence-corrected chi connectivity index (χ0v) is 15.7. The van der Waals surface area contributed by atoms with Gasteiger partial charge in [0.05, 0.1) is 5.56 Å². The van der Waals surface area contributed by atoms with E-state index in [1.54, 1.807) is 12.1 Å². The van der Waals surface area contributed by atoms with Gasteiger partial charge in [-0.15, -0.1) is 0 Å². The van der Waals surface area contributed by atoms with E-state index < -0.39 is 0 Å². The van der Waals surface area contributed by atoms with E-state index in [4.69, 9.17) is 4.42 Å². The molecule has 28 heavy (non-hydrogen) atoms. The van der Waals surface area contributed by atoms with Crippen molar-refractivity contribution in [3.05, 3.63) is 52.2 Å². The molecule has 1 saturated heterocycles. The van der Waals surface area contributed by atoms with Gasteiger partial charge in [0.2, 0.25) is 0 Å². The van der Waals surface area contributed by atoms with E-state index >= 15 is 0 Å². The van der Waals surface area contributed by atoms with Gasteiger partial charge in [-0.25, -0.2) is 0 Å². The molecule has 0 bridgehead atoms. The van der Waals surface area contributed by atoms with Crippen molar-refractivity contribution in [2.24, 2.45) is 5.92 Å². The summed E-state index contributed by atoms with van der Waals surface area (Å²) in [5.41, 5.74) is 0.944. The zero-order chi connectivity index (χ0) is 19.8. The molecule has 0 spiro atoms. The monoisotopic (exact) mass is 381 g/mol. The number of aromatic hydroxyl groups is 3. The van der Waals surface area contributed by atoms with Crippen LogP contribution in [0.3, 0.4) is 0 Å². The molecular weight excluding hydrogens is 358 g/mol. The zero-order valence-electron chi connectivity index (χ0n) is 15.7. The van der Waals surface area contributed by atoms with Crippen molar-refractivity contribution in [3.63, 3.8) is 0 Å². The van der Waals surface area contributed by atoms with Crippen LogP contribution in [0.25, 0.3) is 22.3 Å². The van der Waals surface area contributed by atoms with Crippen molar-refractivity contribution in [3.8, 4) is 28.6 Å². The normalized spacial score (nSPS) is 15.9. The number of phenols is 3. The average Bonchev–Trinajstić information content (AvgIpc) is 2.66. The van der Waals surface area contributed by atoms with Gasteiger partial charge in [-0.3, -0.25) is 9.69 Å². The Hall–Kier alpha value is -2.99. The van der Waals surface area contributed by atoms with Crippen LogP contribution in [0.4, 0.5) is 0 Å². The average molecular weight is 381 g/mol. The molecule has 0 aliphatic carbocycles. The smallest absolute Gasteiger partial charge is 0.197 e. The summed E-state index contributed by atoms with van der Waals surface area (Å²) in [6.07, 6.45) is 2.17. The molecule has 3 aromatic rings. The fourth-order valence-corrected chi connectivity index (χ4v) is 3.72. The summed E-state index contributed by atoms with van der Waals surface area (Å²) < 4.78 is 6.00. The predicted octanol–water partition coefficient (Wildman–Crippen LogP) is 3.81. The molecule has 4 rings (SSSR count). The summed E-state index contributed by atoms with van der Waals surface area (Å²) in [7, 11) is 0. The van der Waals surface area contributed by atoms with Gasteiger partial charge in [-0.2, -0.15) is 0 Å². The Labute approximate surface area is 162 Å². The van der Waals surface area contributed by atoms with Crippen LogP contribution < -0.4 is 5.43 Å². The topological polar surface area (TPSA) is 94.1 Å². The lowest BCUT2D eigenvalue weighted by Gasteiger charge is -2.30. The highest BCUT2D eigenvalue weighted by molar-refractivity contribution is 5.89. The minimum Gasteiger partial charge on any atom is -0.508 e.